The number of benzene rings is 1. The van der Waals surface area contributed by atoms with E-state index in [0.29, 0.717) is 30.8 Å². The number of phenols is 1. The highest BCUT2D eigenvalue weighted by Crippen LogP contribution is 2.26. The van der Waals surface area contributed by atoms with E-state index in [1.54, 1.807) is 49.6 Å². The lowest BCUT2D eigenvalue weighted by molar-refractivity contribution is -0.142. The lowest BCUT2D eigenvalue weighted by Crippen LogP contribution is -2.53. The summed E-state index contributed by atoms with van der Waals surface area (Å²) in [5.41, 5.74) is -0.0923. The predicted molar refractivity (Wildman–Crippen MR) is 160 cm³/mol. The molecule has 3 N–H and O–H groups in total. The molecule has 1 aromatic carbocycles. The van der Waals surface area contributed by atoms with Gasteiger partial charge in [0.1, 0.15) is 23.4 Å². The van der Waals surface area contributed by atoms with Crippen LogP contribution in [0.4, 0.5) is 4.79 Å². The van der Waals surface area contributed by atoms with Crippen molar-refractivity contribution < 1.29 is 24.2 Å². The van der Waals surface area contributed by atoms with E-state index in [-0.39, 0.29) is 17.6 Å². The fraction of sp³-hybridized carbons (Fsp3) is 0.700. The highest BCUT2D eigenvalue weighted by atomic mass is 32.2. The van der Waals surface area contributed by atoms with Crippen molar-refractivity contribution in [3.63, 3.8) is 0 Å². The number of alkyl carbamates (subject to hydrolysis) is 1. The molecule has 39 heavy (non-hydrogen) atoms. The smallest absolute Gasteiger partial charge is 0.408 e. The van der Waals surface area contributed by atoms with Gasteiger partial charge in [0.15, 0.2) is 0 Å². The summed E-state index contributed by atoms with van der Waals surface area (Å²) in [5, 5.41) is 15.6. The molecule has 2 atom stereocenters. The van der Waals surface area contributed by atoms with Gasteiger partial charge in [0, 0.05) is 13.1 Å². The average Bonchev–Trinajstić information content (AvgIpc) is 2.87. The van der Waals surface area contributed by atoms with Gasteiger partial charge in [-0.2, -0.15) is 11.8 Å². The predicted octanol–water partition coefficient (Wildman–Crippen LogP) is 6.19. The monoisotopic (exact) mass is 565 g/mol. The van der Waals surface area contributed by atoms with Crippen LogP contribution >= 0.6 is 11.8 Å². The normalized spacial score (nSPS) is 12.9. The van der Waals surface area contributed by atoms with E-state index < -0.39 is 23.8 Å². The van der Waals surface area contributed by atoms with Gasteiger partial charge in [0.25, 0.3) is 0 Å². The minimum Gasteiger partial charge on any atom is -0.508 e. The van der Waals surface area contributed by atoms with Gasteiger partial charge < -0.3 is 25.4 Å². The van der Waals surface area contributed by atoms with Crippen LogP contribution in [0.15, 0.2) is 24.3 Å². The van der Waals surface area contributed by atoms with Crippen molar-refractivity contribution in [2.45, 2.75) is 110 Å². The number of carbonyl (C=O) groups excluding carboxylic acids is 3. The molecule has 3 amide bonds. The Kier molecular flexibility index (Phi) is 16.7. The molecule has 0 saturated carbocycles. The summed E-state index contributed by atoms with van der Waals surface area (Å²) in [5.74, 6) is 0.160. The van der Waals surface area contributed by atoms with Crippen LogP contribution in [0, 0.1) is 0 Å². The lowest BCUT2D eigenvalue weighted by Gasteiger charge is -2.34. The number of ether oxygens (including phenoxy) is 1. The molecule has 0 aliphatic carbocycles. The number of carbonyl (C=O) groups is 3. The summed E-state index contributed by atoms with van der Waals surface area (Å²) in [7, 11) is 0. The number of hydrogen-bond acceptors (Lipinski definition) is 6. The molecular weight excluding hydrogens is 514 g/mol. The molecule has 222 valence electrons. The molecular formula is C30H51N3O5S. The number of rotatable bonds is 18. The number of phenolic OH excluding ortho intramolecular Hbond substituents is 1. The molecule has 9 heteroatoms. The third-order valence-corrected chi connectivity index (χ3v) is 6.88. The summed E-state index contributed by atoms with van der Waals surface area (Å²) < 4.78 is 5.45. The number of hydrogen-bond donors (Lipinski definition) is 3. The quantitative estimate of drug-likeness (QED) is 0.183. The van der Waals surface area contributed by atoms with Gasteiger partial charge in [-0.05, 0) is 69.7 Å². The van der Waals surface area contributed by atoms with Gasteiger partial charge in [0.2, 0.25) is 11.8 Å². The standard InChI is InChI=1S/C30H51N3O5S/c1-7-9-11-12-13-14-21-33(28(36)25(19-22-39-6)32-29(37)38-30(3,4)5)26(27(35)31-20-10-8-2)23-15-17-24(34)18-16-23/h15-18,25-26,34H,7-14,19-22H2,1-6H3,(H,31,35)(H,32,37). The summed E-state index contributed by atoms with van der Waals surface area (Å²) in [6, 6.07) is 4.69. The van der Waals surface area contributed by atoms with Crippen molar-refractivity contribution in [3.05, 3.63) is 29.8 Å². The Bertz CT molecular complexity index is 857. The Hall–Kier alpha value is -2.42. The molecule has 2 unspecified atom stereocenters. The van der Waals surface area contributed by atoms with Crippen LogP contribution in [0.25, 0.3) is 0 Å². The Labute approximate surface area is 240 Å². The van der Waals surface area contributed by atoms with Gasteiger partial charge in [0.05, 0.1) is 0 Å². The lowest BCUT2D eigenvalue weighted by atomic mass is 10.0. The molecule has 0 heterocycles. The van der Waals surface area contributed by atoms with Gasteiger partial charge in [-0.1, -0.05) is 64.5 Å². The average molecular weight is 566 g/mol. The first kappa shape index (κ1) is 34.6. The number of amides is 3. The van der Waals surface area contributed by atoms with Crippen molar-refractivity contribution in [2.24, 2.45) is 0 Å². The minimum absolute atomic E-state index is 0.0853. The zero-order chi connectivity index (χ0) is 29.3. The van der Waals surface area contributed by atoms with Crippen LogP contribution in [0.2, 0.25) is 0 Å². The van der Waals surface area contributed by atoms with Crippen molar-refractivity contribution in [1.82, 2.24) is 15.5 Å². The Morgan fingerprint density at radius 1 is 0.974 bits per heavy atom. The molecule has 0 aliphatic rings. The molecule has 0 saturated heterocycles. The number of aromatic hydroxyl groups is 1. The molecule has 0 aliphatic heterocycles. The van der Waals surface area contributed by atoms with Crippen LogP contribution in [-0.4, -0.2) is 64.7 Å². The van der Waals surface area contributed by atoms with Gasteiger partial charge >= 0.3 is 6.09 Å². The fourth-order valence-electron chi connectivity index (χ4n) is 4.19. The maximum atomic E-state index is 14.1. The van der Waals surface area contributed by atoms with Gasteiger partial charge in [-0.3, -0.25) is 9.59 Å². The Morgan fingerprint density at radius 2 is 1.59 bits per heavy atom. The second kappa shape index (κ2) is 18.8. The summed E-state index contributed by atoms with van der Waals surface area (Å²) in [6.45, 7) is 10.4. The highest BCUT2D eigenvalue weighted by Gasteiger charge is 2.35. The topological polar surface area (TPSA) is 108 Å². The van der Waals surface area contributed by atoms with Crippen LogP contribution in [0.3, 0.4) is 0 Å². The third-order valence-electron chi connectivity index (χ3n) is 6.23. The molecule has 0 bridgehead atoms. The first-order chi connectivity index (χ1) is 18.5. The van der Waals surface area contributed by atoms with E-state index in [9.17, 15) is 19.5 Å². The zero-order valence-corrected chi connectivity index (χ0v) is 25.7. The van der Waals surface area contributed by atoms with Crippen molar-refractivity contribution in [1.29, 1.82) is 0 Å². The Balaban J connectivity index is 3.36. The molecule has 8 nitrogen and oxygen atoms in total. The number of unbranched alkanes of at least 4 members (excludes halogenated alkanes) is 6. The molecule has 0 spiro atoms. The Morgan fingerprint density at radius 3 is 2.18 bits per heavy atom. The fourth-order valence-corrected chi connectivity index (χ4v) is 4.66. The first-order valence-corrected chi connectivity index (χ1v) is 15.8. The number of thioether (sulfide) groups is 1. The highest BCUT2D eigenvalue weighted by molar-refractivity contribution is 7.98. The van der Waals surface area contributed by atoms with Crippen LogP contribution in [0.5, 0.6) is 5.75 Å². The maximum absolute atomic E-state index is 14.1. The second-order valence-electron chi connectivity index (χ2n) is 10.9. The summed E-state index contributed by atoms with van der Waals surface area (Å²) in [6.07, 6.45) is 9.68. The molecule has 0 aromatic heterocycles. The van der Waals surface area contributed by atoms with Crippen molar-refractivity contribution in [3.8, 4) is 5.75 Å². The van der Waals surface area contributed by atoms with Crippen LogP contribution in [-0.2, 0) is 14.3 Å². The van der Waals surface area contributed by atoms with E-state index >= 15 is 0 Å². The third kappa shape index (κ3) is 14.0. The molecule has 0 radical (unpaired) electrons. The minimum atomic E-state index is -0.886. The van der Waals surface area contributed by atoms with E-state index in [1.807, 2.05) is 6.26 Å². The first-order valence-electron chi connectivity index (χ1n) is 14.4. The molecule has 0 fully saturated rings. The SMILES string of the molecule is CCCCCCCCN(C(=O)C(CCSC)NC(=O)OC(C)(C)C)C(C(=O)NCCCC)c1ccc(O)cc1. The summed E-state index contributed by atoms with van der Waals surface area (Å²) >= 11 is 1.58. The largest absolute Gasteiger partial charge is 0.508 e. The molecule has 1 aromatic rings. The van der Waals surface area contributed by atoms with Crippen molar-refractivity contribution >= 4 is 29.7 Å². The van der Waals surface area contributed by atoms with E-state index in [4.69, 9.17) is 4.74 Å². The van der Waals surface area contributed by atoms with E-state index in [2.05, 4.69) is 24.5 Å². The van der Waals surface area contributed by atoms with Crippen LogP contribution in [0.1, 0.15) is 104 Å². The number of nitrogens with one attached hydrogen (secondary N) is 2. The van der Waals surface area contributed by atoms with Gasteiger partial charge in [-0.15, -0.1) is 0 Å². The summed E-state index contributed by atoms with van der Waals surface area (Å²) in [4.78, 5) is 42.0. The molecule has 1 rings (SSSR count). The zero-order valence-electron chi connectivity index (χ0n) is 24.9. The van der Waals surface area contributed by atoms with Gasteiger partial charge in [-0.25, -0.2) is 4.79 Å². The van der Waals surface area contributed by atoms with Crippen LogP contribution < -0.4 is 10.6 Å². The van der Waals surface area contributed by atoms with Crippen molar-refractivity contribution in [2.75, 3.05) is 25.1 Å². The van der Waals surface area contributed by atoms with E-state index in [0.717, 1.165) is 44.9 Å². The maximum Gasteiger partial charge on any atom is 0.408 e. The second-order valence-corrected chi connectivity index (χ2v) is 11.9. The number of nitrogens with zero attached hydrogens (tertiary/aromatic N) is 1. The van der Waals surface area contributed by atoms with E-state index in [1.165, 1.54) is 18.6 Å².